The smallest absolute Gasteiger partial charge is 0.373 e. The molecule has 7 nitrogen and oxygen atoms in total. The van der Waals surface area contributed by atoms with Crippen LogP contribution in [-0.2, 0) is 24.3 Å². The number of ether oxygens (including phenoxy) is 1. The monoisotopic (exact) mass is 592 g/mol. The summed E-state index contributed by atoms with van der Waals surface area (Å²) in [5.41, 5.74) is 8.40. The largest absolute Gasteiger partial charge is 0.381 e. The van der Waals surface area contributed by atoms with Gasteiger partial charge in [-0.1, -0.05) is 78.2 Å². The van der Waals surface area contributed by atoms with Gasteiger partial charge in [0, 0.05) is 13.0 Å². The van der Waals surface area contributed by atoms with Crippen LogP contribution < -0.4 is 10.4 Å². The minimum atomic E-state index is -2.03. The van der Waals surface area contributed by atoms with Gasteiger partial charge in [0.1, 0.15) is 16.1 Å². The van der Waals surface area contributed by atoms with Crippen LogP contribution >= 0.6 is 0 Å². The van der Waals surface area contributed by atoms with Gasteiger partial charge in [-0.05, 0) is 42.8 Å². The highest BCUT2D eigenvalue weighted by Gasteiger charge is 2.28. The summed E-state index contributed by atoms with van der Waals surface area (Å²) >= 11 is 0. The molecule has 0 aromatic heterocycles. The molecule has 0 aliphatic carbocycles. The maximum Gasteiger partial charge on any atom is 0.373 e. The number of carbonyl (C=O) groups excluding carboxylic acids is 2. The lowest BCUT2D eigenvalue weighted by molar-refractivity contribution is -0.364. The van der Waals surface area contributed by atoms with Gasteiger partial charge in [-0.3, -0.25) is 9.78 Å². The molecule has 2 aromatic carbocycles. The van der Waals surface area contributed by atoms with Gasteiger partial charge in [0.05, 0.1) is 17.7 Å². The van der Waals surface area contributed by atoms with E-state index in [0.717, 1.165) is 22.5 Å². The Morgan fingerprint density at radius 2 is 1.05 bits per heavy atom. The van der Waals surface area contributed by atoms with Crippen LogP contribution in [0.2, 0.25) is 12.1 Å². The van der Waals surface area contributed by atoms with Crippen LogP contribution in [0.5, 0.6) is 0 Å². The number of benzene rings is 2. The van der Waals surface area contributed by atoms with E-state index in [-0.39, 0.29) is 30.4 Å². The van der Waals surface area contributed by atoms with Crippen molar-refractivity contribution in [3.05, 3.63) is 122 Å². The summed E-state index contributed by atoms with van der Waals surface area (Å²) in [7, 11) is -4.06. The van der Waals surface area contributed by atoms with Gasteiger partial charge >= 0.3 is 18.2 Å². The third-order valence-corrected chi connectivity index (χ3v) is 15.2. The molecular weight excluding hydrogens is 553 g/mol. The quantitative estimate of drug-likeness (QED) is 0.0865. The summed E-state index contributed by atoms with van der Waals surface area (Å²) in [6, 6.07) is 15.9. The molecule has 0 unspecified atom stereocenters. The van der Waals surface area contributed by atoms with Crippen LogP contribution in [0.1, 0.15) is 47.4 Å². The minimum absolute atomic E-state index is 0.0466. The third-order valence-electron chi connectivity index (χ3n) is 7.10. The zero-order valence-corrected chi connectivity index (χ0v) is 26.1. The Balaban J connectivity index is 2.04. The fourth-order valence-electron chi connectivity index (χ4n) is 4.18. The zero-order valence-electron chi connectivity index (χ0n) is 24.1. The Morgan fingerprint density at radius 1 is 0.659 bits per heavy atom. The highest BCUT2D eigenvalue weighted by molar-refractivity contribution is 7.00. The molecule has 2 aromatic rings. The first-order valence-electron chi connectivity index (χ1n) is 13.5. The van der Waals surface area contributed by atoms with Gasteiger partial charge in [0.2, 0.25) is 0 Å². The van der Waals surface area contributed by atoms with E-state index >= 15 is 0 Å². The molecule has 0 bridgehead atoms. The number of hydrogen-bond donors (Lipinski definition) is 0. The Hall–Kier alpha value is -3.35. The highest BCUT2D eigenvalue weighted by atomic mass is 28.3. The molecule has 218 valence electrons. The van der Waals surface area contributed by atoms with E-state index in [1.54, 1.807) is 24.3 Å². The van der Waals surface area contributed by atoms with Crippen molar-refractivity contribution < 1.29 is 33.9 Å². The summed E-state index contributed by atoms with van der Waals surface area (Å²) in [6.07, 6.45) is 0.369. The fourth-order valence-corrected chi connectivity index (χ4v) is 9.00. The summed E-state index contributed by atoms with van der Waals surface area (Å²) in [6.45, 7) is 24.4. The minimum Gasteiger partial charge on any atom is -0.381 e. The summed E-state index contributed by atoms with van der Waals surface area (Å²) in [5, 5.41) is 2.16. The van der Waals surface area contributed by atoms with E-state index in [0.29, 0.717) is 13.0 Å². The van der Waals surface area contributed by atoms with E-state index in [1.807, 2.05) is 47.1 Å². The Kier molecular flexibility index (Phi) is 13.9. The lowest BCUT2D eigenvalue weighted by atomic mass is 10.2. The van der Waals surface area contributed by atoms with Gasteiger partial charge in [-0.2, -0.15) is 0 Å². The first-order chi connectivity index (χ1) is 19.8. The third kappa shape index (κ3) is 8.82. The predicted octanol–water partition coefficient (Wildman–Crippen LogP) is 5.94. The Morgan fingerprint density at radius 3 is 1.37 bits per heavy atom. The zero-order chi connectivity index (χ0) is 30.3. The van der Waals surface area contributed by atoms with Crippen molar-refractivity contribution in [1.82, 2.24) is 0 Å². The normalized spacial score (nSPS) is 11.5. The van der Waals surface area contributed by atoms with E-state index in [2.05, 4.69) is 47.1 Å². The van der Waals surface area contributed by atoms with Gasteiger partial charge in [-0.15, -0.1) is 36.1 Å². The second kappa shape index (κ2) is 16.8. The van der Waals surface area contributed by atoms with Crippen molar-refractivity contribution >= 4 is 38.5 Å². The molecule has 41 heavy (non-hydrogen) atoms. The number of rotatable bonds is 19. The van der Waals surface area contributed by atoms with Crippen molar-refractivity contribution in [2.24, 2.45) is 0 Å². The molecule has 0 spiro atoms. The lowest BCUT2D eigenvalue weighted by Crippen LogP contribution is -2.43. The van der Waals surface area contributed by atoms with Gasteiger partial charge < -0.3 is 4.74 Å². The molecule has 2 rings (SSSR count). The van der Waals surface area contributed by atoms with Crippen molar-refractivity contribution in [2.45, 2.75) is 38.8 Å². The van der Waals surface area contributed by atoms with E-state index in [4.69, 9.17) is 24.3 Å². The molecular formula is C32H40O7Si2. The molecule has 0 saturated heterocycles. The van der Waals surface area contributed by atoms with Crippen LogP contribution in [0.25, 0.3) is 0 Å². The molecule has 2 radical (unpaired) electrons. The molecule has 0 aliphatic rings. The van der Waals surface area contributed by atoms with Crippen molar-refractivity contribution in [3.8, 4) is 0 Å². The maximum atomic E-state index is 12.6. The molecule has 0 N–H and O–H groups in total. The average molecular weight is 593 g/mol. The van der Waals surface area contributed by atoms with E-state index in [9.17, 15) is 9.59 Å². The molecule has 0 atom stereocenters. The topological polar surface area (TPSA) is 80.3 Å². The van der Waals surface area contributed by atoms with Crippen LogP contribution in [-0.4, -0.2) is 41.3 Å². The highest BCUT2D eigenvalue weighted by Crippen LogP contribution is 2.18. The summed E-state index contributed by atoms with van der Waals surface area (Å²) in [4.78, 5) is 45.5. The van der Waals surface area contributed by atoms with Crippen LogP contribution in [0.3, 0.4) is 0 Å². The SMILES string of the molecule is [CH2]CCOCC[C](OOC(=O)c1ccc([Si](C=C)(C=C)CC)cc1)OOC(=O)c1ccc([Si](C=C)(C=C)CC)cc1. The van der Waals surface area contributed by atoms with E-state index < -0.39 is 28.1 Å². The van der Waals surface area contributed by atoms with Gasteiger partial charge in [-0.25, -0.2) is 9.59 Å². The second-order valence-corrected chi connectivity index (χ2v) is 17.6. The van der Waals surface area contributed by atoms with Crippen LogP contribution in [0.15, 0.2) is 97.6 Å². The standard InChI is InChI=1S/C32H40O7Si2/c1-8-24-35-25-23-30(36-38-31(33)26-15-19-28(20-16-26)40(9-2,10-3)11-4)37-39-32(34)27-17-21-29(22-18-27)41(12-5,13-6)14-7/h9-10,12-13,15-22H,1-3,5-6,8,11,14,23-25H2,4,7H3. The molecule has 0 saturated carbocycles. The summed E-state index contributed by atoms with van der Waals surface area (Å²) < 4.78 is 5.40. The maximum absolute atomic E-state index is 12.6. The van der Waals surface area contributed by atoms with E-state index in [1.165, 1.54) is 0 Å². The van der Waals surface area contributed by atoms with Crippen molar-refractivity contribution in [2.75, 3.05) is 13.2 Å². The molecule has 0 aliphatic heterocycles. The first-order valence-corrected chi connectivity index (χ1v) is 18.3. The lowest BCUT2D eigenvalue weighted by Gasteiger charge is -2.23. The van der Waals surface area contributed by atoms with Gasteiger partial charge in [0.25, 0.3) is 0 Å². The van der Waals surface area contributed by atoms with Crippen molar-refractivity contribution in [1.29, 1.82) is 0 Å². The Labute approximate surface area is 246 Å². The van der Waals surface area contributed by atoms with Crippen molar-refractivity contribution in [3.63, 3.8) is 0 Å². The summed E-state index contributed by atoms with van der Waals surface area (Å²) in [5.74, 6) is -1.49. The predicted molar refractivity (Wildman–Crippen MR) is 167 cm³/mol. The first kappa shape index (κ1) is 33.9. The number of carbonyl (C=O) groups is 2. The van der Waals surface area contributed by atoms with Gasteiger partial charge in [0.15, 0.2) is 0 Å². The second-order valence-electron chi connectivity index (χ2n) is 9.26. The molecule has 0 fully saturated rings. The molecule has 0 heterocycles. The van der Waals surface area contributed by atoms with Crippen LogP contribution in [0, 0.1) is 13.2 Å². The fraction of sp³-hybridized carbons (Fsp3) is 0.250. The average Bonchev–Trinajstić information content (AvgIpc) is 3.02. The Bertz CT molecular complexity index is 1070. The molecule has 0 amide bonds. The van der Waals surface area contributed by atoms with Crippen LogP contribution in [0.4, 0.5) is 0 Å². The molecule has 9 heteroatoms. The number of hydrogen-bond acceptors (Lipinski definition) is 7.